The average Bonchev–Trinajstić information content (AvgIpc) is 2.92. The van der Waals surface area contributed by atoms with E-state index in [4.69, 9.17) is 4.74 Å². The Morgan fingerprint density at radius 3 is 2.76 bits per heavy atom. The van der Waals surface area contributed by atoms with Crippen molar-refractivity contribution in [1.29, 1.82) is 0 Å². The molecule has 0 unspecified atom stereocenters. The normalized spacial score (nSPS) is 10.2. The van der Waals surface area contributed by atoms with Crippen molar-refractivity contribution in [2.45, 2.75) is 13.8 Å². The fraction of sp³-hybridized carbons (Fsp3) is 0.200. The molecule has 0 aliphatic heterocycles. The lowest BCUT2D eigenvalue weighted by molar-refractivity contribution is 0.340. The molecule has 2 heterocycles. The van der Waals surface area contributed by atoms with Crippen molar-refractivity contribution in [2.75, 3.05) is 6.61 Å². The van der Waals surface area contributed by atoms with Crippen molar-refractivity contribution < 1.29 is 4.74 Å². The second-order valence-electron chi connectivity index (χ2n) is 4.21. The lowest BCUT2D eigenvalue weighted by Gasteiger charge is -2.05. The van der Waals surface area contributed by atoms with E-state index in [1.54, 1.807) is 17.8 Å². The van der Waals surface area contributed by atoms with Gasteiger partial charge in [0.2, 0.25) is 5.82 Å². The molecule has 0 N–H and O–H groups in total. The summed E-state index contributed by atoms with van der Waals surface area (Å²) in [6, 6.07) is 7.60. The van der Waals surface area contributed by atoms with Gasteiger partial charge in [0.1, 0.15) is 5.75 Å². The fourth-order valence-electron chi connectivity index (χ4n) is 1.92. The molecule has 0 spiro atoms. The molecule has 0 aliphatic rings. The molecule has 1 aromatic carbocycles. The highest BCUT2D eigenvalue weighted by Gasteiger charge is 2.09. The molecule has 0 radical (unpaired) electrons. The zero-order chi connectivity index (χ0) is 14.7. The second kappa shape index (κ2) is 5.59. The highest BCUT2D eigenvalue weighted by atomic mass is 16.5. The number of nitrogens with zero attached hydrogens (tertiary/aromatic N) is 5. The Hall–Kier alpha value is -2.94. The first-order valence-corrected chi connectivity index (χ1v) is 6.56. The van der Waals surface area contributed by atoms with Gasteiger partial charge in [-0.3, -0.25) is 0 Å². The lowest BCUT2D eigenvalue weighted by Crippen LogP contribution is -2.00. The van der Waals surface area contributed by atoms with Gasteiger partial charge in [-0.1, -0.05) is 11.1 Å². The number of hydrogen-bond acceptors (Lipinski definition) is 5. The quantitative estimate of drug-likeness (QED) is 0.686. The molecule has 0 fully saturated rings. The third-order valence-electron chi connectivity index (χ3n) is 2.82. The van der Waals surface area contributed by atoms with Crippen LogP contribution in [0.15, 0.2) is 30.5 Å². The van der Waals surface area contributed by atoms with Gasteiger partial charge in [0.25, 0.3) is 0 Å². The molecule has 0 atom stereocenters. The van der Waals surface area contributed by atoms with Crippen molar-refractivity contribution in [3.8, 4) is 23.3 Å². The van der Waals surface area contributed by atoms with Gasteiger partial charge >= 0.3 is 0 Å². The topological polar surface area (TPSA) is 65.7 Å². The van der Waals surface area contributed by atoms with E-state index in [1.807, 2.05) is 31.2 Å². The van der Waals surface area contributed by atoms with Crippen LogP contribution >= 0.6 is 0 Å². The third kappa shape index (κ3) is 2.54. The van der Waals surface area contributed by atoms with E-state index in [1.165, 1.54) is 0 Å². The van der Waals surface area contributed by atoms with Crippen LogP contribution in [-0.4, -0.2) is 31.6 Å². The maximum Gasteiger partial charge on any atom is 0.207 e. The minimum atomic E-state index is 0.458. The van der Waals surface area contributed by atoms with E-state index in [0.717, 1.165) is 11.4 Å². The van der Waals surface area contributed by atoms with Crippen LogP contribution < -0.4 is 4.74 Å². The summed E-state index contributed by atoms with van der Waals surface area (Å²) in [4.78, 5) is 8.50. The highest BCUT2D eigenvalue weighted by molar-refractivity contribution is 5.71. The predicted molar refractivity (Wildman–Crippen MR) is 78.2 cm³/mol. The molecular weight excluding hydrogens is 266 g/mol. The number of hydrogen-bond donors (Lipinski definition) is 0. The Labute approximate surface area is 121 Å². The summed E-state index contributed by atoms with van der Waals surface area (Å²) < 4.78 is 7.09. The second-order valence-corrected chi connectivity index (χ2v) is 4.21. The molecule has 3 aromatic rings. The first-order valence-electron chi connectivity index (χ1n) is 6.56. The van der Waals surface area contributed by atoms with Crippen molar-refractivity contribution >= 4 is 11.2 Å². The van der Waals surface area contributed by atoms with Gasteiger partial charge in [0.15, 0.2) is 11.2 Å². The molecule has 3 rings (SSSR count). The molecule has 6 nitrogen and oxygen atoms in total. The van der Waals surface area contributed by atoms with Crippen molar-refractivity contribution in [3.63, 3.8) is 0 Å². The third-order valence-corrected chi connectivity index (χ3v) is 2.82. The number of benzene rings is 1. The first-order chi connectivity index (χ1) is 10.3. The van der Waals surface area contributed by atoms with Crippen molar-refractivity contribution in [1.82, 2.24) is 25.0 Å². The smallest absolute Gasteiger partial charge is 0.207 e. The fourth-order valence-corrected chi connectivity index (χ4v) is 1.92. The number of rotatable bonds is 3. The highest BCUT2D eigenvalue weighted by Crippen LogP contribution is 2.17. The summed E-state index contributed by atoms with van der Waals surface area (Å²) in [5.41, 5.74) is 2.12. The standard InChI is InChI=1S/C15H13N5O/c1-3-5-14-16-10-13-15(17-14)20(19-18-13)11-6-8-12(9-7-11)21-4-2/h6-10H,4H2,1-2H3. The molecule has 6 heteroatoms. The molecule has 0 saturated carbocycles. The van der Waals surface area contributed by atoms with Gasteiger partial charge in [-0.05, 0) is 44.0 Å². The van der Waals surface area contributed by atoms with Crippen LogP contribution in [0.3, 0.4) is 0 Å². The number of ether oxygens (including phenoxy) is 1. The molecule has 0 amide bonds. The van der Waals surface area contributed by atoms with Crippen LogP contribution in [-0.2, 0) is 0 Å². The van der Waals surface area contributed by atoms with Crippen LogP contribution in [0.5, 0.6) is 5.75 Å². The van der Waals surface area contributed by atoms with Gasteiger partial charge in [0.05, 0.1) is 18.5 Å². The number of aromatic nitrogens is 5. The van der Waals surface area contributed by atoms with Crippen LogP contribution in [0, 0.1) is 11.8 Å². The summed E-state index contributed by atoms with van der Waals surface area (Å²) in [5, 5.41) is 8.18. The zero-order valence-electron chi connectivity index (χ0n) is 11.7. The van der Waals surface area contributed by atoms with E-state index in [2.05, 4.69) is 32.1 Å². The predicted octanol–water partition coefficient (Wildman–Crippen LogP) is 1.98. The SMILES string of the molecule is CC#Cc1ncc2nnn(-c3ccc(OCC)cc3)c2n1. The molecule has 0 saturated heterocycles. The molecule has 0 aliphatic carbocycles. The summed E-state index contributed by atoms with van der Waals surface area (Å²) in [7, 11) is 0. The molecule has 2 aromatic heterocycles. The van der Waals surface area contributed by atoms with E-state index in [0.29, 0.717) is 23.6 Å². The monoisotopic (exact) mass is 279 g/mol. The van der Waals surface area contributed by atoms with Crippen molar-refractivity contribution in [3.05, 3.63) is 36.3 Å². The van der Waals surface area contributed by atoms with Crippen LogP contribution in [0.2, 0.25) is 0 Å². The Bertz CT molecular complexity index is 827. The van der Waals surface area contributed by atoms with Gasteiger partial charge in [-0.25, -0.2) is 4.98 Å². The average molecular weight is 279 g/mol. The largest absolute Gasteiger partial charge is 0.494 e. The van der Waals surface area contributed by atoms with Crippen molar-refractivity contribution in [2.24, 2.45) is 0 Å². The van der Waals surface area contributed by atoms with E-state index in [-0.39, 0.29) is 0 Å². The Morgan fingerprint density at radius 1 is 1.24 bits per heavy atom. The summed E-state index contributed by atoms with van der Waals surface area (Å²) in [6.07, 6.45) is 1.63. The summed E-state index contributed by atoms with van der Waals surface area (Å²) in [6.45, 7) is 4.33. The summed E-state index contributed by atoms with van der Waals surface area (Å²) in [5.74, 6) is 6.89. The molecule has 0 bridgehead atoms. The maximum atomic E-state index is 5.43. The Kier molecular flexibility index (Phi) is 3.48. The number of fused-ring (bicyclic) bond motifs is 1. The minimum Gasteiger partial charge on any atom is -0.494 e. The maximum absolute atomic E-state index is 5.43. The summed E-state index contributed by atoms with van der Waals surface area (Å²) >= 11 is 0. The Morgan fingerprint density at radius 2 is 2.05 bits per heavy atom. The van der Waals surface area contributed by atoms with E-state index >= 15 is 0 Å². The lowest BCUT2D eigenvalue weighted by atomic mass is 10.3. The van der Waals surface area contributed by atoms with Gasteiger partial charge in [-0.2, -0.15) is 9.67 Å². The van der Waals surface area contributed by atoms with Gasteiger partial charge in [-0.15, -0.1) is 5.10 Å². The first kappa shape index (κ1) is 13.1. The van der Waals surface area contributed by atoms with Crippen LogP contribution in [0.1, 0.15) is 19.7 Å². The molecular formula is C15H13N5O. The van der Waals surface area contributed by atoms with Crippen LogP contribution in [0.25, 0.3) is 16.9 Å². The van der Waals surface area contributed by atoms with E-state index in [9.17, 15) is 0 Å². The van der Waals surface area contributed by atoms with Gasteiger partial charge < -0.3 is 4.74 Å². The van der Waals surface area contributed by atoms with Crippen LogP contribution in [0.4, 0.5) is 0 Å². The minimum absolute atomic E-state index is 0.458. The molecule has 104 valence electrons. The Balaban J connectivity index is 2.06. The van der Waals surface area contributed by atoms with E-state index < -0.39 is 0 Å². The molecule has 21 heavy (non-hydrogen) atoms. The zero-order valence-corrected chi connectivity index (χ0v) is 11.7. The van der Waals surface area contributed by atoms with Gasteiger partial charge in [0, 0.05) is 0 Å².